The summed E-state index contributed by atoms with van der Waals surface area (Å²) in [6.45, 7) is 2.16. The normalized spacial score (nSPS) is 10.7. The van der Waals surface area contributed by atoms with Gasteiger partial charge in [-0.05, 0) is 54.4 Å². The second-order valence-electron chi connectivity index (χ2n) is 6.08. The number of ether oxygens (including phenoxy) is 1. The lowest BCUT2D eigenvalue weighted by Gasteiger charge is -2.12. The predicted molar refractivity (Wildman–Crippen MR) is 109 cm³/mol. The molecule has 0 heterocycles. The Labute approximate surface area is 164 Å². The van der Waals surface area contributed by atoms with Crippen LogP contribution in [0.3, 0.4) is 0 Å². The van der Waals surface area contributed by atoms with Crippen LogP contribution in [0.5, 0.6) is 5.75 Å². The summed E-state index contributed by atoms with van der Waals surface area (Å²) in [6, 6.07) is 23.8. The van der Waals surface area contributed by atoms with Gasteiger partial charge in [-0.15, -0.1) is 0 Å². The zero-order valence-electron chi connectivity index (χ0n) is 14.4. The van der Waals surface area contributed by atoms with Crippen molar-refractivity contribution in [3.8, 4) is 5.75 Å². The molecule has 0 aliphatic rings. The molecule has 0 unspecified atom stereocenters. The van der Waals surface area contributed by atoms with E-state index < -0.39 is 0 Å². The molecule has 0 atom stereocenters. The molecule has 0 aliphatic carbocycles. The molecule has 0 saturated carbocycles. The van der Waals surface area contributed by atoms with Crippen LogP contribution in [0.4, 0.5) is 0 Å². The van der Waals surface area contributed by atoms with Crippen LogP contribution in [0.15, 0.2) is 72.8 Å². The monoisotopic (exact) mass is 385 g/mol. The van der Waals surface area contributed by atoms with Crippen molar-refractivity contribution in [2.45, 2.75) is 19.6 Å². The Hall–Kier alpha value is -2.00. The van der Waals surface area contributed by atoms with E-state index in [-0.39, 0.29) is 0 Å². The van der Waals surface area contributed by atoms with Crippen molar-refractivity contribution in [2.24, 2.45) is 0 Å². The number of hydrogen-bond acceptors (Lipinski definition) is 2. The largest absolute Gasteiger partial charge is 0.489 e. The van der Waals surface area contributed by atoms with Gasteiger partial charge in [-0.2, -0.15) is 0 Å². The van der Waals surface area contributed by atoms with E-state index >= 15 is 0 Å². The average Bonchev–Trinajstić information content (AvgIpc) is 2.66. The number of rotatable bonds is 8. The molecule has 0 bridgehead atoms. The number of halogens is 2. The Balaban J connectivity index is 1.51. The summed E-state index contributed by atoms with van der Waals surface area (Å²) in [5.41, 5.74) is 3.47. The summed E-state index contributed by atoms with van der Waals surface area (Å²) in [4.78, 5) is 0. The molecule has 26 heavy (non-hydrogen) atoms. The number of hydrogen-bond donors (Lipinski definition) is 1. The molecule has 0 aromatic heterocycles. The van der Waals surface area contributed by atoms with Gasteiger partial charge in [0.15, 0.2) is 0 Å². The van der Waals surface area contributed by atoms with Crippen LogP contribution in [0.1, 0.15) is 16.7 Å². The molecule has 2 nitrogen and oxygen atoms in total. The highest BCUT2D eigenvalue weighted by Crippen LogP contribution is 2.20. The Morgan fingerprint density at radius 1 is 0.769 bits per heavy atom. The topological polar surface area (TPSA) is 21.3 Å². The van der Waals surface area contributed by atoms with Crippen LogP contribution in [0.2, 0.25) is 10.0 Å². The molecule has 4 heteroatoms. The Morgan fingerprint density at radius 2 is 1.58 bits per heavy atom. The Kier molecular flexibility index (Phi) is 6.96. The highest BCUT2D eigenvalue weighted by molar-refractivity contribution is 6.30. The fraction of sp³-hybridized carbons (Fsp3) is 0.182. The van der Waals surface area contributed by atoms with Crippen LogP contribution in [-0.2, 0) is 19.6 Å². The van der Waals surface area contributed by atoms with E-state index in [0.717, 1.165) is 46.4 Å². The van der Waals surface area contributed by atoms with E-state index in [1.165, 1.54) is 5.56 Å². The lowest BCUT2D eigenvalue weighted by atomic mass is 10.1. The van der Waals surface area contributed by atoms with Gasteiger partial charge in [0, 0.05) is 22.2 Å². The number of para-hydroxylation sites is 1. The summed E-state index contributed by atoms with van der Waals surface area (Å²) in [5.74, 6) is 0.895. The van der Waals surface area contributed by atoms with Gasteiger partial charge in [-0.1, -0.05) is 65.7 Å². The highest BCUT2D eigenvalue weighted by Gasteiger charge is 2.04. The molecule has 1 N–H and O–H groups in total. The zero-order valence-corrected chi connectivity index (χ0v) is 15.9. The molecule has 134 valence electrons. The first kappa shape index (κ1) is 18.8. The van der Waals surface area contributed by atoms with Crippen LogP contribution >= 0.6 is 23.2 Å². The van der Waals surface area contributed by atoms with E-state index in [2.05, 4.69) is 23.5 Å². The maximum atomic E-state index is 6.03. The molecule has 0 saturated heterocycles. The Morgan fingerprint density at radius 3 is 2.38 bits per heavy atom. The first-order chi connectivity index (χ1) is 12.7. The van der Waals surface area contributed by atoms with Gasteiger partial charge >= 0.3 is 0 Å². The third kappa shape index (κ3) is 5.77. The maximum Gasteiger partial charge on any atom is 0.124 e. The van der Waals surface area contributed by atoms with E-state index in [9.17, 15) is 0 Å². The van der Waals surface area contributed by atoms with Gasteiger partial charge in [0.05, 0.1) is 0 Å². The highest BCUT2D eigenvalue weighted by atomic mass is 35.5. The standard InChI is InChI=1S/C22H21Cl2NO/c23-20-10-8-17(9-11-20)12-13-25-15-19-5-1-2-7-22(19)26-16-18-4-3-6-21(24)14-18/h1-11,14,25H,12-13,15-16H2. The van der Waals surface area contributed by atoms with E-state index in [1.54, 1.807) is 0 Å². The zero-order chi connectivity index (χ0) is 18.2. The van der Waals surface area contributed by atoms with Gasteiger partial charge < -0.3 is 10.1 Å². The molecule has 0 radical (unpaired) electrons. The summed E-state index contributed by atoms with van der Waals surface area (Å²) >= 11 is 11.9. The molecule has 3 aromatic carbocycles. The van der Waals surface area contributed by atoms with Crippen LogP contribution in [0.25, 0.3) is 0 Å². The van der Waals surface area contributed by atoms with Crippen LogP contribution < -0.4 is 10.1 Å². The molecular formula is C22H21Cl2NO. The third-order valence-corrected chi connectivity index (χ3v) is 4.56. The molecule has 0 fully saturated rings. The molecule has 0 spiro atoms. The van der Waals surface area contributed by atoms with Crippen LogP contribution in [0, 0.1) is 0 Å². The predicted octanol–water partition coefficient (Wildman–Crippen LogP) is 5.90. The lowest BCUT2D eigenvalue weighted by molar-refractivity contribution is 0.302. The summed E-state index contributed by atoms with van der Waals surface area (Å²) in [7, 11) is 0. The number of benzene rings is 3. The molecular weight excluding hydrogens is 365 g/mol. The van der Waals surface area contributed by atoms with Gasteiger partial charge in [-0.25, -0.2) is 0 Å². The van der Waals surface area contributed by atoms with Crippen molar-refractivity contribution in [1.82, 2.24) is 5.32 Å². The van der Waals surface area contributed by atoms with Crippen molar-refractivity contribution in [3.05, 3.63) is 99.5 Å². The van der Waals surface area contributed by atoms with Gasteiger partial charge in [0.25, 0.3) is 0 Å². The second kappa shape index (κ2) is 9.63. The summed E-state index contributed by atoms with van der Waals surface area (Å²) in [5, 5.41) is 4.97. The fourth-order valence-electron chi connectivity index (χ4n) is 2.69. The van der Waals surface area contributed by atoms with Crippen LogP contribution in [-0.4, -0.2) is 6.54 Å². The minimum atomic E-state index is 0.502. The van der Waals surface area contributed by atoms with E-state index in [0.29, 0.717) is 6.61 Å². The van der Waals surface area contributed by atoms with Gasteiger partial charge in [0.1, 0.15) is 12.4 Å². The molecule has 3 aromatic rings. The van der Waals surface area contributed by atoms with Crippen molar-refractivity contribution < 1.29 is 4.74 Å². The van der Waals surface area contributed by atoms with Gasteiger partial charge in [0.2, 0.25) is 0 Å². The average molecular weight is 386 g/mol. The first-order valence-corrected chi connectivity index (χ1v) is 9.36. The van der Waals surface area contributed by atoms with Crippen molar-refractivity contribution >= 4 is 23.2 Å². The quantitative estimate of drug-likeness (QED) is 0.487. The minimum absolute atomic E-state index is 0.502. The van der Waals surface area contributed by atoms with E-state index in [4.69, 9.17) is 27.9 Å². The molecule has 3 rings (SSSR count). The lowest BCUT2D eigenvalue weighted by Crippen LogP contribution is -2.17. The van der Waals surface area contributed by atoms with Crippen molar-refractivity contribution in [1.29, 1.82) is 0 Å². The SMILES string of the molecule is Clc1ccc(CCNCc2ccccc2OCc2cccc(Cl)c2)cc1. The van der Waals surface area contributed by atoms with Crippen molar-refractivity contribution in [2.75, 3.05) is 6.54 Å². The summed E-state index contributed by atoms with van der Waals surface area (Å²) < 4.78 is 5.99. The smallest absolute Gasteiger partial charge is 0.124 e. The van der Waals surface area contributed by atoms with Gasteiger partial charge in [-0.3, -0.25) is 0 Å². The number of nitrogens with one attached hydrogen (secondary N) is 1. The fourth-order valence-corrected chi connectivity index (χ4v) is 3.02. The maximum absolute atomic E-state index is 6.03. The Bertz CT molecular complexity index is 834. The molecule has 0 aliphatic heterocycles. The second-order valence-corrected chi connectivity index (χ2v) is 6.95. The minimum Gasteiger partial charge on any atom is -0.489 e. The van der Waals surface area contributed by atoms with Crippen molar-refractivity contribution in [3.63, 3.8) is 0 Å². The first-order valence-electron chi connectivity index (χ1n) is 8.61. The summed E-state index contributed by atoms with van der Waals surface area (Å²) in [6.07, 6.45) is 0.961. The third-order valence-electron chi connectivity index (χ3n) is 4.08. The molecule has 0 amide bonds. The van der Waals surface area contributed by atoms with E-state index in [1.807, 2.05) is 54.6 Å².